The molecule has 2 aliphatic carbocycles. The lowest BCUT2D eigenvalue weighted by Gasteiger charge is -2.24. The number of nitrogens with one attached hydrogen (secondary N) is 1. The normalized spacial score (nSPS) is 31.9. The molecule has 0 radical (unpaired) electrons. The Bertz CT molecular complexity index is 402. The van der Waals surface area contributed by atoms with Crippen molar-refractivity contribution in [3.8, 4) is 0 Å². The van der Waals surface area contributed by atoms with Crippen LogP contribution in [0.5, 0.6) is 0 Å². The third-order valence-corrected chi connectivity index (χ3v) is 4.18. The number of benzene rings is 1. The third-order valence-electron chi connectivity index (χ3n) is 4.18. The molecule has 0 saturated heterocycles. The van der Waals surface area contributed by atoms with Crippen LogP contribution in [0.25, 0.3) is 0 Å². The molecule has 2 aliphatic rings. The van der Waals surface area contributed by atoms with Crippen molar-refractivity contribution in [2.45, 2.75) is 31.7 Å². The molecule has 2 fully saturated rings. The second kappa shape index (κ2) is 3.58. The maximum absolute atomic E-state index is 5.81. The molecular formula is C13H19N3. The molecule has 3 nitrogen and oxygen atoms in total. The minimum atomic E-state index is 0.654. The first-order chi connectivity index (χ1) is 7.72. The van der Waals surface area contributed by atoms with Gasteiger partial charge < -0.3 is 16.8 Å². The Morgan fingerprint density at radius 1 is 1.06 bits per heavy atom. The molecule has 3 rings (SSSR count). The molecule has 2 saturated carbocycles. The second-order valence-electron chi connectivity index (χ2n) is 5.27. The third kappa shape index (κ3) is 1.60. The highest BCUT2D eigenvalue weighted by molar-refractivity contribution is 5.69. The van der Waals surface area contributed by atoms with Crippen molar-refractivity contribution in [1.82, 2.24) is 0 Å². The summed E-state index contributed by atoms with van der Waals surface area (Å²) in [4.78, 5) is 0. The van der Waals surface area contributed by atoms with E-state index in [1.54, 1.807) is 0 Å². The molecule has 0 aliphatic heterocycles. The minimum absolute atomic E-state index is 0.654. The quantitative estimate of drug-likeness (QED) is 0.667. The summed E-state index contributed by atoms with van der Waals surface area (Å²) in [7, 11) is 0. The first-order valence-electron chi connectivity index (χ1n) is 6.14. The number of nitrogens with two attached hydrogens (primary N) is 2. The van der Waals surface area contributed by atoms with Crippen LogP contribution in [-0.2, 0) is 0 Å². The van der Waals surface area contributed by atoms with E-state index in [-0.39, 0.29) is 0 Å². The highest BCUT2D eigenvalue weighted by Crippen LogP contribution is 2.45. The molecule has 86 valence electrons. The van der Waals surface area contributed by atoms with Crippen molar-refractivity contribution < 1.29 is 0 Å². The number of fused-ring (bicyclic) bond motifs is 2. The van der Waals surface area contributed by atoms with Gasteiger partial charge in [-0.15, -0.1) is 0 Å². The summed E-state index contributed by atoms with van der Waals surface area (Å²) in [5.74, 6) is 1.84. The van der Waals surface area contributed by atoms with Crippen molar-refractivity contribution in [2.75, 3.05) is 16.8 Å². The second-order valence-corrected chi connectivity index (χ2v) is 5.27. The fourth-order valence-electron chi connectivity index (χ4n) is 3.30. The number of nitrogen functional groups attached to an aromatic ring is 2. The van der Waals surface area contributed by atoms with Crippen LogP contribution in [0.15, 0.2) is 18.2 Å². The molecule has 0 heterocycles. The Morgan fingerprint density at radius 2 is 1.94 bits per heavy atom. The van der Waals surface area contributed by atoms with Gasteiger partial charge in [0.25, 0.3) is 0 Å². The fraction of sp³-hybridized carbons (Fsp3) is 0.538. The predicted octanol–water partition coefficient (Wildman–Crippen LogP) is 2.45. The maximum Gasteiger partial charge on any atom is 0.0568 e. The van der Waals surface area contributed by atoms with E-state index in [1.165, 1.54) is 25.7 Å². The summed E-state index contributed by atoms with van der Waals surface area (Å²) in [5.41, 5.74) is 14.0. The summed E-state index contributed by atoms with van der Waals surface area (Å²) in [6.45, 7) is 0. The van der Waals surface area contributed by atoms with Gasteiger partial charge in [0, 0.05) is 11.7 Å². The van der Waals surface area contributed by atoms with E-state index in [2.05, 4.69) is 5.32 Å². The molecule has 3 atom stereocenters. The highest BCUT2D eigenvalue weighted by Gasteiger charge is 2.39. The zero-order valence-electron chi connectivity index (χ0n) is 9.45. The Kier molecular flexibility index (Phi) is 2.20. The molecule has 2 bridgehead atoms. The van der Waals surface area contributed by atoms with Crippen LogP contribution in [0.2, 0.25) is 0 Å². The molecule has 3 unspecified atom stereocenters. The van der Waals surface area contributed by atoms with Crippen LogP contribution < -0.4 is 16.8 Å². The minimum Gasteiger partial charge on any atom is -0.397 e. The average molecular weight is 217 g/mol. The van der Waals surface area contributed by atoms with Crippen molar-refractivity contribution in [2.24, 2.45) is 11.8 Å². The van der Waals surface area contributed by atoms with Crippen LogP contribution >= 0.6 is 0 Å². The SMILES string of the molecule is Nc1ccc(NC2CC3CCC2C3)cc1N. The molecular weight excluding hydrogens is 198 g/mol. The summed E-state index contributed by atoms with van der Waals surface area (Å²) >= 11 is 0. The molecule has 0 amide bonds. The Balaban J connectivity index is 1.72. The molecule has 0 aromatic heterocycles. The van der Waals surface area contributed by atoms with E-state index >= 15 is 0 Å². The van der Waals surface area contributed by atoms with E-state index in [9.17, 15) is 0 Å². The van der Waals surface area contributed by atoms with E-state index in [0.717, 1.165) is 17.5 Å². The summed E-state index contributed by atoms with van der Waals surface area (Å²) in [6.07, 6.45) is 5.58. The molecule has 3 heteroatoms. The largest absolute Gasteiger partial charge is 0.397 e. The van der Waals surface area contributed by atoms with Crippen LogP contribution in [0.4, 0.5) is 17.1 Å². The van der Waals surface area contributed by atoms with Gasteiger partial charge in [-0.05, 0) is 49.3 Å². The van der Waals surface area contributed by atoms with E-state index < -0.39 is 0 Å². The van der Waals surface area contributed by atoms with Gasteiger partial charge in [0.1, 0.15) is 0 Å². The Morgan fingerprint density at radius 3 is 2.56 bits per heavy atom. The fourth-order valence-corrected chi connectivity index (χ4v) is 3.30. The van der Waals surface area contributed by atoms with E-state index in [1.807, 2.05) is 18.2 Å². The van der Waals surface area contributed by atoms with Gasteiger partial charge in [-0.3, -0.25) is 0 Å². The highest BCUT2D eigenvalue weighted by atomic mass is 14.9. The van der Waals surface area contributed by atoms with Crippen LogP contribution in [0, 0.1) is 11.8 Å². The van der Waals surface area contributed by atoms with Gasteiger partial charge in [0.15, 0.2) is 0 Å². The number of anilines is 3. The lowest BCUT2D eigenvalue weighted by atomic mass is 9.95. The van der Waals surface area contributed by atoms with Crippen molar-refractivity contribution >= 4 is 17.1 Å². The monoisotopic (exact) mass is 217 g/mol. The standard InChI is InChI=1S/C13H19N3/c14-11-4-3-10(7-12(11)15)16-13-6-8-1-2-9(13)5-8/h3-4,7-9,13,16H,1-2,5-6,14-15H2. The first-order valence-corrected chi connectivity index (χ1v) is 6.14. The van der Waals surface area contributed by atoms with Gasteiger partial charge in [0.05, 0.1) is 11.4 Å². The van der Waals surface area contributed by atoms with Gasteiger partial charge in [-0.25, -0.2) is 0 Å². The molecule has 16 heavy (non-hydrogen) atoms. The van der Waals surface area contributed by atoms with Crippen LogP contribution in [0.3, 0.4) is 0 Å². The van der Waals surface area contributed by atoms with Gasteiger partial charge in [-0.2, -0.15) is 0 Å². The lowest BCUT2D eigenvalue weighted by Crippen LogP contribution is -2.25. The number of rotatable bonds is 2. The summed E-state index contributed by atoms with van der Waals surface area (Å²) < 4.78 is 0. The summed E-state index contributed by atoms with van der Waals surface area (Å²) in [5, 5.41) is 3.60. The lowest BCUT2D eigenvalue weighted by molar-refractivity contribution is 0.440. The molecule has 0 spiro atoms. The predicted molar refractivity (Wildman–Crippen MR) is 68.1 cm³/mol. The van der Waals surface area contributed by atoms with Gasteiger partial charge >= 0.3 is 0 Å². The maximum atomic E-state index is 5.81. The Hall–Kier alpha value is -1.38. The zero-order chi connectivity index (χ0) is 11.1. The van der Waals surface area contributed by atoms with E-state index in [4.69, 9.17) is 11.5 Å². The van der Waals surface area contributed by atoms with Crippen LogP contribution in [0.1, 0.15) is 25.7 Å². The summed E-state index contributed by atoms with van der Waals surface area (Å²) in [6, 6.07) is 6.51. The average Bonchev–Trinajstić information content (AvgIpc) is 2.85. The molecule has 1 aromatic rings. The number of hydrogen-bond donors (Lipinski definition) is 3. The molecule has 1 aromatic carbocycles. The van der Waals surface area contributed by atoms with Crippen molar-refractivity contribution in [3.63, 3.8) is 0 Å². The smallest absolute Gasteiger partial charge is 0.0568 e. The zero-order valence-corrected chi connectivity index (χ0v) is 9.45. The van der Waals surface area contributed by atoms with Crippen molar-refractivity contribution in [1.29, 1.82) is 0 Å². The molecule has 5 N–H and O–H groups in total. The Labute approximate surface area is 96.2 Å². The van der Waals surface area contributed by atoms with Gasteiger partial charge in [0.2, 0.25) is 0 Å². The van der Waals surface area contributed by atoms with Crippen molar-refractivity contribution in [3.05, 3.63) is 18.2 Å². The van der Waals surface area contributed by atoms with E-state index in [0.29, 0.717) is 17.4 Å². The number of hydrogen-bond acceptors (Lipinski definition) is 3. The van der Waals surface area contributed by atoms with Gasteiger partial charge in [-0.1, -0.05) is 6.42 Å². The van der Waals surface area contributed by atoms with Crippen LogP contribution in [-0.4, -0.2) is 6.04 Å². The first kappa shape index (κ1) is 9.82. The topological polar surface area (TPSA) is 64.1 Å².